The van der Waals surface area contributed by atoms with Crippen molar-refractivity contribution in [2.45, 2.75) is 32.2 Å². The van der Waals surface area contributed by atoms with Crippen LogP contribution in [0.3, 0.4) is 0 Å². The Morgan fingerprint density at radius 3 is 2.53 bits per heavy atom. The molecule has 0 aliphatic carbocycles. The molecule has 4 aromatic rings. The van der Waals surface area contributed by atoms with Crippen LogP contribution in [0, 0.1) is 0 Å². The molecule has 0 aliphatic rings. The highest BCUT2D eigenvalue weighted by molar-refractivity contribution is 9.10. The van der Waals surface area contributed by atoms with E-state index < -0.39 is 0 Å². The van der Waals surface area contributed by atoms with Gasteiger partial charge >= 0.3 is 0 Å². The third-order valence-electron chi connectivity index (χ3n) is 5.03. The van der Waals surface area contributed by atoms with Crippen LogP contribution in [-0.4, -0.2) is 20.4 Å². The molecule has 2 aromatic heterocycles. The minimum atomic E-state index is 0.0792. The smallest absolute Gasteiger partial charge is 0.220 e. The average molecular weight is 463 g/mol. The number of nitrogens with one attached hydrogen (secondary N) is 1. The number of fused-ring (bicyclic) bond motifs is 1. The number of aromatic nitrogens is 3. The number of hydrogen-bond donors (Lipinski definition) is 1. The molecule has 0 unspecified atom stereocenters. The van der Waals surface area contributed by atoms with E-state index in [1.165, 1.54) is 5.56 Å². The Kier molecular flexibility index (Phi) is 6.54. The van der Waals surface area contributed by atoms with Crippen LogP contribution >= 0.6 is 15.9 Å². The maximum Gasteiger partial charge on any atom is 0.220 e. The minimum absolute atomic E-state index is 0.0792. The molecule has 4 rings (SSSR count). The van der Waals surface area contributed by atoms with E-state index in [0.717, 1.165) is 46.1 Å². The second kappa shape index (κ2) is 9.67. The second-order valence-corrected chi connectivity index (χ2v) is 8.15. The van der Waals surface area contributed by atoms with Gasteiger partial charge in [0.1, 0.15) is 12.1 Å². The van der Waals surface area contributed by atoms with Crippen molar-refractivity contribution < 1.29 is 4.79 Å². The quantitative estimate of drug-likeness (QED) is 0.365. The molecule has 6 heteroatoms. The molecular weight excluding hydrogens is 440 g/mol. The Labute approximate surface area is 184 Å². The first kappa shape index (κ1) is 20.3. The summed E-state index contributed by atoms with van der Waals surface area (Å²) in [5.41, 5.74) is 4.24. The number of unbranched alkanes of at least 4 members (excludes halogenated alkanes) is 1. The molecule has 0 atom stereocenters. The molecular formula is C24H23BrN4O. The van der Waals surface area contributed by atoms with E-state index in [4.69, 9.17) is 0 Å². The number of benzene rings is 2. The fraction of sp³-hybridized carbons (Fsp3) is 0.208. The molecule has 2 heterocycles. The van der Waals surface area contributed by atoms with Gasteiger partial charge in [0.15, 0.2) is 0 Å². The molecule has 1 amide bonds. The van der Waals surface area contributed by atoms with Crippen LogP contribution in [0.15, 0.2) is 77.7 Å². The lowest BCUT2D eigenvalue weighted by Crippen LogP contribution is -2.22. The number of pyridine rings is 1. The van der Waals surface area contributed by atoms with Gasteiger partial charge in [-0.25, -0.2) is 9.97 Å². The molecule has 0 fully saturated rings. The summed E-state index contributed by atoms with van der Waals surface area (Å²) in [5, 5.41) is 2.98. The molecule has 2 aromatic carbocycles. The summed E-state index contributed by atoms with van der Waals surface area (Å²) in [6.07, 6.45) is 7.01. The van der Waals surface area contributed by atoms with Crippen LogP contribution < -0.4 is 5.32 Å². The van der Waals surface area contributed by atoms with Crippen molar-refractivity contribution in [3.05, 3.63) is 88.8 Å². The lowest BCUT2D eigenvalue weighted by atomic mass is 10.1. The summed E-state index contributed by atoms with van der Waals surface area (Å²) in [6, 6.07) is 20.2. The highest BCUT2D eigenvalue weighted by atomic mass is 79.9. The molecule has 1 N–H and O–H groups in total. The fourth-order valence-corrected chi connectivity index (χ4v) is 3.62. The Bertz CT molecular complexity index is 1120. The van der Waals surface area contributed by atoms with Crippen LogP contribution in [0.5, 0.6) is 0 Å². The van der Waals surface area contributed by atoms with Gasteiger partial charge in [-0.05, 0) is 60.7 Å². The largest absolute Gasteiger partial charge is 0.352 e. The van der Waals surface area contributed by atoms with Crippen molar-refractivity contribution in [1.82, 2.24) is 19.9 Å². The number of carbonyl (C=O) groups is 1. The number of carbonyl (C=O) groups excluding carboxylic acids is 1. The molecule has 0 spiro atoms. The predicted octanol–water partition coefficient (Wildman–Crippen LogP) is 5.21. The van der Waals surface area contributed by atoms with E-state index >= 15 is 0 Å². The number of imidazole rings is 1. The SMILES string of the molecule is O=C(CCCCc1ccc(Br)cc1)NCc1ccc(-n2cnc3ccccc32)nc1. The van der Waals surface area contributed by atoms with Crippen LogP contribution in [0.25, 0.3) is 16.9 Å². The molecule has 0 aliphatic heterocycles. The number of rotatable bonds is 8. The molecule has 0 saturated heterocycles. The van der Waals surface area contributed by atoms with Crippen molar-refractivity contribution in [3.8, 4) is 5.82 Å². The van der Waals surface area contributed by atoms with Gasteiger partial charge in [-0.3, -0.25) is 9.36 Å². The van der Waals surface area contributed by atoms with E-state index in [1.807, 2.05) is 41.0 Å². The van der Waals surface area contributed by atoms with E-state index in [9.17, 15) is 4.79 Å². The van der Waals surface area contributed by atoms with E-state index in [0.29, 0.717) is 13.0 Å². The number of aryl methyl sites for hydroxylation is 1. The number of amides is 1. The summed E-state index contributed by atoms with van der Waals surface area (Å²) >= 11 is 3.44. The van der Waals surface area contributed by atoms with Crippen molar-refractivity contribution in [2.75, 3.05) is 0 Å². The van der Waals surface area contributed by atoms with Crippen molar-refractivity contribution >= 4 is 32.9 Å². The Balaban J connectivity index is 1.23. The van der Waals surface area contributed by atoms with Gasteiger partial charge in [-0.15, -0.1) is 0 Å². The molecule has 0 bridgehead atoms. The van der Waals surface area contributed by atoms with Crippen LogP contribution in [0.2, 0.25) is 0 Å². The van der Waals surface area contributed by atoms with Crippen LogP contribution in [0.4, 0.5) is 0 Å². The minimum Gasteiger partial charge on any atom is -0.352 e. The van der Waals surface area contributed by atoms with E-state index in [1.54, 1.807) is 12.5 Å². The average Bonchev–Trinajstić information content (AvgIpc) is 3.21. The van der Waals surface area contributed by atoms with Crippen molar-refractivity contribution in [2.24, 2.45) is 0 Å². The second-order valence-electron chi connectivity index (χ2n) is 7.24. The van der Waals surface area contributed by atoms with Gasteiger partial charge in [0, 0.05) is 23.6 Å². The fourth-order valence-electron chi connectivity index (χ4n) is 3.36. The zero-order chi connectivity index (χ0) is 20.8. The summed E-state index contributed by atoms with van der Waals surface area (Å²) in [5.74, 6) is 0.891. The lowest BCUT2D eigenvalue weighted by molar-refractivity contribution is -0.121. The normalized spacial score (nSPS) is 11.0. The standard InChI is InChI=1S/C24H23BrN4O/c25-20-12-9-18(10-13-20)5-1-4-8-24(30)27-16-19-11-14-23(26-15-19)29-17-28-21-6-2-3-7-22(21)29/h2-3,6-7,9-15,17H,1,4-5,8,16H2,(H,27,30). The number of nitrogens with zero attached hydrogens (tertiary/aromatic N) is 3. The van der Waals surface area contributed by atoms with Crippen LogP contribution in [0.1, 0.15) is 30.4 Å². The topological polar surface area (TPSA) is 59.8 Å². The summed E-state index contributed by atoms with van der Waals surface area (Å²) < 4.78 is 3.05. The Morgan fingerprint density at radius 2 is 1.73 bits per heavy atom. The first-order valence-corrected chi connectivity index (χ1v) is 10.9. The highest BCUT2D eigenvalue weighted by Gasteiger charge is 2.06. The molecule has 5 nitrogen and oxygen atoms in total. The first-order chi connectivity index (χ1) is 14.7. The maximum atomic E-state index is 12.1. The number of hydrogen-bond acceptors (Lipinski definition) is 3. The summed E-state index contributed by atoms with van der Waals surface area (Å²) in [6.45, 7) is 0.490. The maximum absolute atomic E-state index is 12.1. The van der Waals surface area contributed by atoms with E-state index in [-0.39, 0.29) is 5.91 Å². The molecule has 152 valence electrons. The van der Waals surface area contributed by atoms with Gasteiger partial charge in [-0.1, -0.05) is 46.3 Å². The lowest BCUT2D eigenvalue weighted by Gasteiger charge is -2.07. The molecule has 30 heavy (non-hydrogen) atoms. The predicted molar refractivity (Wildman–Crippen MR) is 122 cm³/mol. The molecule has 0 radical (unpaired) electrons. The number of halogens is 1. The van der Waals surface area contributed by atoms with Crippen LogP contribution in [-0.2, 0) is 17.8 Å². The monoisotopic (exact) mass is 462 g/mol. The highest BCUT2D eigenvalue weighted by Crippen LogP contribution is 2.16. The Hall–Kier alpha value is -2.99. The number of para-hydroxylation sites is 2. The zero-order valence-corrected chi connectivity index (χ0v) is 18.2. The third-order valence-corrected chi connectivity index (χ3v) is 5.56. The van der Waals surface area contributed by atoms with Gasteiger partial charge in [0.25, 0.3) is 0 Å². The third kappa shape index (κ3) is 5.13. The zero-order valence-electron chi connectivity index (χ0n) is 16.6. The first-order valence-electron chi connectivity index (χ1n) is 10.1. The van der Waals surface area contributed by atoms with Gasteiger partial charge < -0.3 is 5.32 Å². The summed E-state index contributed by atoms with van der Waals surface area (Å²) in [7, 11) is 0. The molecule has 0 saturated carbocycles. The van der Waals surface area contributed by atoms with Gasteiger partial charge in [-0.2, -0.15) is 0 Å². The van der Waals surface area contributed by atoms with Gasteiger partial charge in [0.2, 0.25) is 5.91 Å². The van der Waals surface area contributed by atoms with E-state index in [2.05, 4.69) is 55.5 Å². The van der Waals surface area contributed by atoms with Crippen molar-refractivity contribution in [3.63, 3.8) is 0 Å². The van der Waals surface area contributed by atoms with Crippen molar-refractivity contribution in [1.29, 1.82) is 0 Å². The summed E-state index contributed by atoms with van der Waals surface area (Å²) in [4.78, 5) is 21.1. The van der Waals surface area contributed by atoms with Gasteiger partial charge in [0.05, 0.1) is 11.0 Å². The Morgan fingerprint density at radius 1 is 0.933 bits per heavy atom.